The molecule has 5 nitrogen and oxygen atoms in total. The summed E-state index contributed by atoms with van der Waals surface area (Å²) >= 11 is 2.73. The highest BCUT2D eigenvalue weighted by molar-refractivity contribution is 7.97. The van der Waals surface area contributed by atoms with Gasteiger partial charge in [-0.15, -0.1) is 11.3 Å². The van der Waals surface area contributed by atoms with Gasteiger partial charge in [0.15, 0.2) is 6.04 Å². The Morgan fingerprint density at radius 1 is 1.22 bits per heavy atom. The molecule has 1 aliphatic heterocycles. The van der Waals surface area contributed by atoms with Gasteiger partial charge < -0.3 is 5.32 Å². The van der Waals surface area contributed by atoms with Crippen molar-refractivity contribution in [3.63, 3.8) is 0 Å². The first kappa shape index (κ1) is 15.9. The summed E-state index contributed by atoms with van der Waals surface area (Å²) in [6.07, 6.45) is 0. The molecule has 118 valence electrons. The number of fused-ring (bicyclic) bond motifs is 1. The van der Waals surface area contributed by atoms with Gasteiger partial charge in [-0.1, -0.05) is 18.2 Å². The largest absolute Gasteiger partial charge is 0.321 e. The lowest BCUT2D eigenvalue weighted by Crippen LogP contribution is -2.46. The Kier molecular flexibility index (Phi) is 4.34. The second kappa shape index (κ2) is 6.27. The molecule has 0 saturated carbocycles. The van der Waals surface area contributed by atoms with Crippen molar-refractivity contribution in [2.75, 3.05) is 12.4 Å². The molecule has 3 rings (SSSR count). The fourth-order valence-electron chi connectivity index (χ4n) is 2.32. The van der Waals surface area contributed by atoms with Crippen molar-refractivity contribution >= 4 is 40.7 Å². The number of ketones is 1. The number of nitrogens with zero attached hydrogens (tertiary/aromatic N) is 1. The van der Waals surface area contributed by atoms with Crippen LogP contribution in [0.15, 0.2) is 45.4 Å². The van der Waals surface area contributed by atoms with Crippen LogP contribution in [0.1, 0.15) is 15.2 Å². The molecule has 2 aromatic rings. The van der Waals surface area contributed by atoms with Crippen LogP contribution in [0.5, 0.6) is 0 Å². The monoisotopic (exact) mass is 346 g/mol. The molecule has 0 saturated heterocycles. The van der Waals surface area contributed by atoms with Gasteiger partial charge in [0.1, 0.15) is 0 Å². The predicted octanol–water partition coefficient (Wildman–Crippen LogP) is 2.56. The van der Waals surface area contributed by atoms with Crippen LogP contribution in [-0.2, 0) is 4.79 Å². The Morgan fingerprint density at radius 3 is 2.74 bits per heavy atom. The number of thiophene rings is 1. The van der Waals surface area contributed by atoms with E-state index in [1.54, 1.807) is 29.6 Å². The Bertz CT molecular complexity index is 847. The summed E-state index contributed by atoms with van der Waals surface area (Å²) < 4.78 is 1.63. The van der Waals surface area contributed by atoms with E-state index >= 15 is 0 Å². The van der Waals surface area contributed by atoms with Crippen molar-refractivity contribution in [3.8, 4) is 0 Å². The molecule has 7 heteroatoms. The van der Waals surface area contributed by atoms with Crippen LogP contribution in [0, 0.1) is 6.92 Å². The number of carbonyl (C=O) groups is 2. The summed E-state index contributed by atoms with van der Waals surface area (Å²) in [7, 11) is 1.70. The third kappa shape index (κ3) is 2.95. The summed E-state index contributed by atoms with van der Waals surface area (Å²) in [6.45, 7) is 1.94. The minimum Gasteiger partial charge on any atom is -0.321 e. The fraction of sp³-hybridized carbons (Fsp3) is 0.188. The van der Waals surface area contributed by atoms with Gasteiger partial charge in [0.2, 0.25) is 11.2 Å². The lowest BCUT2D eigenvalue weighted by Gasteiger charge is -2.29. The summed E-state index contributed by atoms with van der Waals surface area (Å²) in [5.74, 6) is -0.727. The predicted molar refractivity (Wildman–Crippen MR) is 92.1 cm³/mol. The molecule has 0 radical (unpaired) electrons. The molecule has 1 atom stereocenters. The van der Waals surface area contributed by atoms with Crippen molar-refractivity contribution in [2.24, 2.45) is 0 Å². The van der Waals surface area contributed by atoms with Gasteiger partial charge in [0.05, 0.1) is 10.6 Å². The van der Waals surface area contributed by atoms with Gasteiger partial charge in [-0.25, -0.2) is 4.31 Å². The number of carbonyl (C=O) groups excluding carboxylic acids is 2. The fourth-order valence-corrected chi connectivity index (χ4v) is 4.53. The molecule has 1 aromatic carbocycles. The summed E-state index contributed by atoms with van der Waals surface area (Å²) in [5, 5.41) is 4.49. The Hall–Kier alpha value is -1.96. The molecular formula is C16H14N2O3S2. The summed E-state index contributed by atoms with van der Waals surface area (Å²) in [6, 6.07) is 6.92. The van der Waals surface area contributed by atoms with Gasteiger partial charge in [-0.2, -0.15) is 0 Å². The third-order valence-corrected chi connectivity index (χ3v) is 5.94. The molecule has 1 aromatic heterocycles. The van der Waals surface area contributed by atoms with E-state index in [1.165, 1.54) is 35.4 Å². The van der Waals surface area contributed by atoms with E-state index in [0.29, 0.717) is 4.88 Å². The number of Topliss-reactive ketones (excluding diaryl/α,β-unsaturated/α-hetero) is 1. The number of nitrogens with one attached hydrogen (secondary N) is 1. The van der Waals surface area contributed by atoms with E-state index in [0.717, 1.165) is 10.5 Å². The van der Waals surface area contributed by atoms with Crippen LogP contribution in [0.25, 0.3) is 0 Å². The molecule has 0 spiro atoms. The molecule has 2 heterocycles. The molecule has 23 heavy (non-hydrogen) atoms. The Morgan fingerprint density at radius 2 is 1.96 bits per heavy atom. The molecule has 0 aliphatic carbocycles. The van der Waals surface area contributed by atoms with Crippen molar-refractivity contribution in [2.45, 2.75) is 17.9 Å². The van der Waals surface area contributed by atoms with Crippen LogP contribution in [-0.4, -0.2) is 29.1 Å². The maximum atomic E-state index is 12.6. The zero-order chi connectivity index (χ0) is 16.6. The standard InChI is InChI=1S/C16H14N2O3S2/c1-9-8-22-15-13(20)12(18(2)23-14(9)15)16(21)17-10-6-4-3-5-7-11(10)19/h3-8,12H,1-2H3,(H,17,19,21). The zero-order valence-corrected chi connectivity index (χ0v) is 14.2. The average Bonchev–Trinajstić information content (AvgIpc) is 2.74. The van der Waals surface area contributed by atoms with Gasteiger partial charge in [-0.3, -0.25) is 14.4 Å². The maximum absolute atomic E-state index is 12.6. The molecule has 1 N–H and O–H groups in total. The number of amides is 1. The molecule has 0 fully saturated rings. The third-order valence-electron chi connectivity index (χ3n) is 3.49. The quantitative estimate of drug-likeness (QED) is 0.669. The first-order valence-electron chi connectivity index (χ1n) is 6.92. The molecule has 1 unspecified atom stereocenters. The van der Waals surface area contributed by atoms with E-state index in [-0.39, 0.29) is 16.9 Å². The van der Waals surface area contributed by atoms with Crippen LogP contribution in [0.2, 0.25) is 0 Å². The second-order valence-electron chi connectivity index (χ2n) is 5.16. The minimum atomic E-state index is -0.949. The Balaban J connectivity index is 1.90. The lowest BCUT2D eigenvalue weighted by atomic mass is 10.1. The van der Waals surface area contributed by atoms with Crippen molar-refractivity contribution in [3.05, 3.63) is 56.4 Å². The highest BCUT2D eigenvalue weighted by Gasteiger charge is 2.39. The van der Waals surface area contributed by atoms with Crippen molar-refractivity contribution in [1.82, 2.24) is 4.31 Å². The highest BCUT2D eigenvalue weighted by atomic mass is 32.2. The van der Waals surface area contributed by atoms with Crippen molar-refractivity contribution in [1.29, 1.82) is 0 Å². The zero-order valence-electron chi connectivity index (χ0n) is 12.5. The van der Waals surface area contributed by atoms with Crippen molar-refractivity contribution < 1.29 is 9.59 Å². The highest BCUT2D eigenvalue weighted by Crippen LogP contribution is 2.40. The van der Waals surface area contributed by atoms with E-state index in [9.17, 15) is 14.4 Å². The number of anilines is 1. The smallest absolute Gasteiger partial charge is 0.250 e. The minimum absolute atomic E-state index is 0.166. The van der Waals surface area contributed by atoms with Gasteiger partial charge >= 0.3 is 0 Å². The molecular weight excluding hydrogens is 332 g/mol. The van der Waals surface area contributed by atoms with Gasteiger partial charge in [0.25, 0.3) is 5.91 Å². The Labute approximate surface area is 141 Å². The van der Waals surface area contributed by atoms with E-state index in [1.807, 2.05) is 12.3 Å². The summed E-state index contributed by atoms with van der Waals surface area (Å²) in [4.78, 5) is 38.6. The average molecular weight is 346 g/mol. The number of hydrogen-bond acceptors (Lipinski definition) is 6. The van der Waals surface area contributed by atoms with E-state index in [4.69, 9.17) is 0 Å². The van der Waals surface area contributed by atoms with Gasteiger partial charge in [-0.05, 0) is 49.0 Å². The first-order valence-corrected chi connectivity index (χ1v) is 8.57. The number of rotatable bonds is 2. The van der Waals surface area contributed by atoms with Crippen LogP contribution in [0.4, 0.5) is 5.69 Å². The van der Waals surface area contributed by atoms with Crippen LogP contribution < -0.4 is 10.7 Å². The number of aryl methyl sites for hydroxylation is 1. The number of likely N-dealkylation sites (N-methyl/N-ethyl adjacent to an activating group) is 1. The van der Waals surface area contributed by atoms with Crippen LogP contribution >= 0.6 is 23.3 Å². The maximum Gasteiger partial charge on any atom is 0.250 e. The first-order chi connectivity index (χ1) is 11.0. The second-order valence-corrected chi connectivity index (χ2v) is 7.21. The normalized spacial score (nSPS) is 17.7. The topological polar surface area (TPSA) is 66.5 Å². The summed E-state index contributed by atoms with van der Waals surface area (Å²) in [5.41, 5.74) is 0.903. The number of hydrogen-bond donors (Lipinski definition) is 1. The van der Waals surface area contributed by atoms with Gasteiger partial charge in [0, 0.05) is 4.90 Å². The SMILES string of the molecule is Cc1csc2c1SN(C)C(C(=O)Nc1cccccc1=O)C2=O. The van der Waals surface area contributed by atoms with E-state index < -0.39 is 11.9 Å². The molecule has 0 bridgehead atoms. The molecule has 1 amide bonds. The lowest BCUT2D eigenvalue weighted by molar-refractivity contribution is -0.118. The van der Waals surface area contributed by atoms with Crippen LogP contribution in [0.3, 0.4) is 0 Å². The molecule has 1 aliphatic rings. The van der Waals surface area contributed by atoms with E-state index in [2.05, 4.69) is 5.32 Å².